The van der Waals surface area contributed by atoms with Crippen LogP contribution in [0, 0.1) is 5.92 Å². The molecule has 6 nitrogen and oxygen atoms in total. The summed E-state index contributed by atoms with van der Waals surface area (Å²) in [5.74, 6) is 1.80. The number of nitrogens with zero attached hydrogens (tertiary/aromatic N) is 3. The quantitative estimate of drug-likeness (QED) is 0.383. The van der Waals surface area contributed by atoms with Crippen molar-refractivity contribution < 1.29 is 8.42 Å². The molecule has 0 aliphatic carbocycles. The third-order valence-corrected chi connectivity index (χ3v) is 7.54. The van der Waals surface area contributed by atoms with Crippen LogP contribution in [0.15, 0.2) is 4.99 Å². The van der Waals surface area contributed by atoms with Crippen LogP contribution in [-0.4, -0.2) is 81.0 Å². The lowest BCUT2D eigenvalue weighted by molar-refractivity contribution is 0.186. The first-order chi connectivity index (χ1) is 10.7. The number of sulfone groups is 1. The van der Waals surface area contributed by atoms with Crippen LogP contribution in [0.3, 0.4) is 0 Å². The molecule has 2 fully saturated rings. The molecule has 8 heteroatoms. The van der Waals surface area contributed by atoms with Crippen molar-refractivity contribution in [3.8, 4) is 0 Å². The van der Waals surface area contributed by atoms with Gasteiger partial charge in [0.1, 0.15) is 0 Å². The van der Waals surface area contributed by atoms with E-state index in [0.29, 0.717) is 13.1 Å². The number of hydrogen-bond acceptors (Lipinski definition) is 4. The average molecular weight is 472 g/mol. The summed E-state index contributed by atoms with van der Waals surface area (Å²) in [5.41, 5.74) is 0. The maximum absolute atomic E-state index is 12.1. The van der Waals surface area contributed by atoms with Crippen molar-refractivity contribution in [2.24, 2.45) is 10.9 Å². The van der Waals surface area contributed by atoms with Crippen molar-refractivity contribution in [3.63, 3.8) is 0 Å². The zero-order valence-electron chi connectivity index (χ0n) is 15.4. The maximum Gasteiger partial charge on any atom is 0.193 e. The van der Waals surface area contributed by atoms with Crippen molar-refractivity contribution in [1.82, 2.24) is 15.1 Å². The predicted molar refractivity (Wildman–Crippen MR) is 111 cm³/mol. The van der Waals surface area contributed by atoms with E-state index >= 15 is 0 Å². The van der Waals surface area contributed by atoms with Gasteiger partial charge in [0.2, 0.25) is 0 Å². The van der Waals surface area contributed by atoms with Gasteiger partial charge in [-0.3, -0.25) is 4.99 Å². The molecule has 142 valence electrons. The van der Waals surface area contributed by atoms with E-state index in [2.05, 4.69) is 27.0 Å². The van der Waals surface area contributed by atoms with Crippen molar-refractivity contribution in [2.45, 2.75) is 38.4 Å². The third-order valence-electron chi connectivity index (χ3n) is 5.01. The van der Waals surface area contributed by atoms with Gasteiger partial charge in [-0.05, 0) is 39.2 Å². The fraction of sp³-hybridized carbons (Fsp3) is 0.938. The second kappa shape index (κ2) is 9.02. The van der Waals surface area contributed by atoms with Gasteiger partial charge in [-0.1, -0.05) is 6.92 Å². The molecule has 2 aliphatic heterocycles. The van der Waals surface area contributed by atoms with Crippen molar-refractivity contribution >= 4 is 39.8 Å². The molecule has 1 atom stereocenters. The summed E-state index contributed by atoms with van der Waals surface area (Å²) in [4.78, 5) is 8.91. The topological polar surface area (TPSA) is 65.0 Å². The van der Waals surface area contributed by atoms with Crippen LogP contribution in [-0.2, 0) is 9.84 Å². The molecule has 0 radical (unpaired) electrons. The summed E-state index contributed by atoms with van der Waals surface area (Å²) in [6.45, 7) is 11.2. The highest BCUT2D eigenvalue weighted by atomic mass is 127. The summed E-state index contributed by atoms with van der Waals surface area (Å²) < 4.78 is 23.5. The highest BCUT2D eigenvalue weighted by Crippen LogP contribution is 2.23. The van der Waals surface area contributed by atoms with E-state index in [1.54, 1.807) is 20.9 Å². The molecular formula is C16H33IN4O2S. The molecule has 2 heterocycles. The fourth-order valence-electron chi connectivity index (χ4n) is 3.47. The second-order valence-corrected chi connectivity index (χ2v) is 10.3. The number of nitrogens with one attached hydrogen (secondary N) is 1. The van der Waals surface area contributed by atoms with E-state index in [4.69, 9.17) is 0 Å². The Balaban J connectivity index is 0.00000288. The SMILES string of the molecule is CN=C(NCCN1CCCC(C)C1)N1CCS(=O)(=O)C(C)(C)C1.I. The number of halogens is 1. The van der Waals surface area contributed by atoms with Crippen LogP contribution < -0.4 is 5.32 Å². The van der Waals surface area contributed by atoms with Gasteiger partial charge in [0, 0.05) is 39.8 Å². The summed E-state index contributed by atoms with van der Waals surface area (Å²) in [7, 11) is -1.25. The Morgan fingerprint density at radius 1 is 1.33 bits per heavy atom. The molecule has 0 aromatic carbocycles. The lowest BCUT2D eigenvalue weighted by Gasteiger charge is -2.39. The van der Waals surface area contributed by atoms with Crippen molar-refractivity contribution in [3.05, 3.63) is 0 Å². The van der Waals surface area contributed by atoms with E-state index < -0.39 is 14.6 Å². The molecule has 0 aromatic heterocycles. The minimum Gasteiger partial charge on any atom is -0.355 e. The number of hydrogen-bond donors (Lipinski definition) is 1. The number of piperidine rings is 1. The normalized spacial score (nSPS) is 27.4. The van der Waals surface area contributed by atoms with Crippen LogP contribution in [0.4, 0.5) is 0 Å². The number of guanidine groups is 1. The van der Waals surface area contributed by atoms with Crippen LogP contribution in [0.2, 0.25) is 0 Å². The van der Waals surface area contributed by atoms with E-state index in [1.165, 1.54) is 25.9 Å². The van der Waals surface area contributed by atoms with Gasteiger partial charge in [0.25, 0.3) is 0 Å². The highest BCUT2D eigenvalue weighted by Gasteiger charge is 2.40. The lowest BCUT2D eigenvalue weighted by Crippen LogP contribution is -2.57. The molecule has 0 aromatic rings. The van der Waals surface area contributed by atoms with Crippen molar-refractivity contribution in [2.75, 3.05) is 52.1 Å². The van der Waals surface area contributed by atoms with E-state index in [-0.39, 0.29) is 29.7 Å². The summed E-state index contributed by atoms with van der Waals surface area (Å²) in [6, 6.07) is 0. The van der Waals surface area contributed by atoms with Gasteiger partial charge in [-0.25, -0.2) is 8.42 Å². The molecule has 0 amide bonds. The van der Waals surface area contributed by atoms with Gasteiger partial charge < -0.3 is 15.1 Å². The Bertz CT molecular complexity index is 536. The highest BCUT2D eigenvalue weighted by molar-refractivity contribution is 14.0. The first-order valence-corrected chi connectivity index (χ1v) is 10.3. The molecule has 2 rings (SSSR count). The molecular weight excluding hydrogens is 439 g/mol. The zero-order valence-corrected chi connectivity index (χ0v) is 18.6. The van der Waals surface area contributed by atoms with Crippen LogP contribution >= 0.6 is 24.0 Å². The van der Waals surface area contributed by atoms with Crippen LogP contribution in [0.1, 0.15) is 33.6 Å². The Labute approximate surface area is 164 Å². The first kappa shape index (κ1) is 22.0. The standard InChI is InChI=1S/C16H32N4O2S.HI/c1-14-6-5-8-19(12-14)9-7-18-15(17-4)20-10-11-23(21,22)16(2,3)13-20;/h14H,5-13H2,1-4H3,(H,17,18);1H. The summed E-state index contributed by atoms with van der Waals surface area (Å²) in [5, 5.41) is 3.41. The largest absolute Gasteiger partial charge is 0.355 e. The average Bonchev–Trinajstić information content (AvgIpc) is 2.47. The Kier molecular flexibility index (Phi) is 8.25. The number of likely N-dealkylation sites (tertiary alicyclic amines) is 1. The summed E-state index contributed by atoms with van der Waals surface area (Å²) >= 11 is 0. The van der Waals surface area contributed by atoms with E-state index in [1.807, 2.05) is 0 Å². The van der Waals surface area contributed by atoms with Gasteiger partial charge in [-0.2, -0.15) is 0 Å². The first-order valence-electron chi connectivity index (χ1n) is 8.65. The van der Waals surface area contributed by atoms with E-state index in [0.717, 1.165) is 25.0 Å². The van der Waals surface area contributed by atoms with E-state index in [9.17, 15) is 8.42 Å². The molecule has 0 bridgehead atoms. The van der Waals surface area contributed by atoms with Gasteiger partial charge in [0.15, 0.2) is 15.8 Å². The number of rotatable bonds is 3. The minimum absolute atomic E-state index is 0. The molecule has 1 N–H and O–H groups in total. The molecule has 0 saturated carbocycles. The smallest absolute Gasteiger partial charge is 0.193 e. The summed E-state index contributed by atoms with van der Waals surface area (Å²) in [6.07, 6.45) is 2.62. The van der Waals surface area contributed by atoms with Gasteiger partial charge >= 0.3 is 0 Å². The second-order valence-electron chi connectivity index (χ2n) is 7.52. The fourth-order valence-corrected chi connectivity index (χ4v) is 4.84. The molecule has 2 saturated heterocycles. The Morgan fingerprint density at radius 3 is 2.62 bits per heavy atom. The Morgan fingerprint density at radius 2 is 2.04 bits per heavy atom. The molecule has 2 aliphatic rings. The van der Waals surface area contributed by atoms with Gasteiger partial charge in [-0.15, -0.1) is 24.0 Å². The molecule has 24 heavy (non-hydrogen) atoms. The molecule has 1 unspecified atom stereocenters. The minimum atomic E-state index is -3.01. The number of aliphatic imine (C=N–C) groups is 1. The predicted octanol–water partition coefficient (Wildman–Crippen LogP) is 1.42. The van der Waals surface area contributed by atoms with Crippen LogP contribution in [0.25, 0.3) is 0 Å². The monoisotopic (exact) mass is 472 g/mol. The maximum atomic E-state index is 12.1. The third kappa shape index (κ3) is 5.45. The van der Waals surface area contributed by atoms with Gasteiger partial charge in [0.05, 0.1) is 10.5 Å². The zero-order chi connectivity index (χ0) is 17.1. The lowest BCUT2D eigenvalue weighted by atomic mass is 10.0. The molecule has 0 spiro atoms. The Hall–Kier alpha value is -0.0900. The van der Waals surface area contributed by atoms with Crippen molar-refractivity contribution in [1.29, 1.82) is 0 Å². The van der Waals surface area contributed by atoms with Crippen LogP contribution in [0.5, 0.6) is 0 Å².